The number of aromatic nitrogens is 4. The molecular formula is C54H56F12N10O10. The van der Waals surface area contributed by atoms with E-state index in [1.54, 1.807) is 0 Å². The number of benzene rings is 3. The van der Waals surface area contributed by atoms with E-state index < -0.39 is 48.6 Å². The van der Waals surface area contributed by atoms with Gasteiger partial charge in [-0.1, -0.05) is 24.3 Å². The van der Waals surface area contributed by atoms with Gasteiger partial charge in [0.2, 0.25) is 11.0 Å². The molecule has 2 amide bonds. The van der Waals surface area contributed by atoms with E-state index in [4.69, 9.17) is 49.6 Å². The minimum absolute atomic E-state index is 0.253. The van der Waals surface area contributed by atoms with Crippen molar-refractivity contribution in [3.05, 3.63) is 109 Å². The molecule has 4 heterocycles. The first-order chi connectivity index (χ1) is 39.2. The second kappa shape index (κ2) is 28.1. The van der Waals surface area contributed by atoms with Crippen molar-refractivity contribution in [3.63, 3.8) is 0 Å². The molecule has 7 aromatic rings. The van der Waals surface area contributed by atoms with Crippen LogP contribution in [-0.4, -0.2) is 162 Å². The van der Waals surface area contributed by atoms with E-state index in [-0.39, 0.29) is 23.2 Å². The standard InChI is InChI=1S/C46H54N10O2.4C2HF3O2/c1-51(21-23-55(5,6)7)41-27-37(45(57)47-33-25-31-15-11-13-17-39(31)53(3)29-33)49-43-35(41)19-20-36-42(52(2)22-24-56(8,9)10)28-38(50-44(36)43)46(58)48-34-26-32-16-12-14-18-40(32)54(4)30-34;4*3-2(4,5)1(6)7/h11-20,25-30H,21-24H2,1-10H3;4*(H,6,7)/q+2;;;;/p-2. The number of hydrogen-bond donors (Lipinski definition) is 2. The van der Waals surface area contributed by atoms with Crippen LogP contribution >= 0.6 is 0 Å². The lowest BCUT2D eigenvalue weighted by atomic mass is 10.0. The maximum Gasteiger partial charge on any atom is 0.430 e. The first kappa shape index (κ1) is 71.1. The summed E-state index contributed by atoms with van der Waals surface area (Å²) in [6.45, 7) is 3.22. The molecule has 32 heteroatoms. The lowest BCUT2D eigenvalue weighted by molar-refractivity contribution is -0.868. The molecule has 0 atom stereocenters. The zero-order chi connectivity index (χ0) is 65.8. The Labute approximate surface area is 481 Å². The van der Waals surface area contributed by atoms with Crippen molar-refractivity contribution in [2.45, 2.75) is 24.7 Å². The van der Waals surface area contributed by atoms with Gasteiger partial charge in [0.05, 0.1) is 79.5 Å². The van der Waals surface area contributed by atoms with Gasteiger partial charge < -0.3 is 69.0 Å². The van der Waals surface area contributed by atoms with Crippen molar-refractivity contribution in [1.82, 2.24) is 9.97 Å². The number of amides is 2. The third-order valence-corrected chi connectivity index (χ3v) is 11.6. The number of para-hydroxylation sites is 2. The number of halogens is 12. The van der Waals surface area contributed by atoms with E-state index in [0.29, 0.717) is 22.4 Å². The normalized spacial score (nSPS) is 11.8. The van der Waals surface area contributed by atoms with E-state index in [0.717, 1.165) is 79.1 Å². The fourth-order valence-corrected chi connectivity index (χ4v) is 7.30. The van der Waals surface area contributed by atoms with Gasteiger partial charge in [-0.15, -0.1) is 0 Å². The highest BCUT2D eigenvalue weighted by Crippen LogP contribution is 2.36. The highest BCUT2D eigenvalue weighted by Gasteiger charge is 2.31. The molecule has 0 radical (unpaired) electrons. The summed E-state index contributed by atoms with van der Waals surface area (Å²) in [7, 11) is 21.0. The zero-order valence-corrected chi connectivity index (χ0v) is 47.3. The largest absolute Gasteiger partial charge is 0.542 e. The molecule has 0 saturated heterocycles. The van der Waals surface area contributed by atoms with Crippen LogP contribution in [0.1, 0.15) is 21.0 Å². The molecule has 0 fully saturated rings. The summed E-state index contributed by atoms with van der Waals surface area (Å²) in [5, 5.41) is 45.1. The van der Waals surface area contributed by atoms with E-state index in [2.05, 4.69) is 74.9 Å². The number of nitrogens with one attached hydrogen (secondary N) is 2. The van der Waals surface area contributed by atoms with Crippen LogP contribution in [0.4, 0.5) is 75.4 Å². The zero-order valence-electron chi connectivity index (χ0n) is 47.3. The summed E-state index contributed by atoms with van der Waals surface area (Å²) in [5.74, 6) is -12.7. The maximum absolute atomic E-state index is 14.3. The van der Waals surface area contributed by atoms with E-state index >= 15 is 0 Å². The summed E-state index contributed by atoms with van der Waals surface area (Å²) in [6.07, 6.45) is -17.0. The van der Waals surface area contributed by atoms with E-state index in [9.17, 15) is 62.3 Å². The highest BCUT2D eigenvalue weighted by atomic mass is 19.4. The van der Waals surface area contributed by atoms with Gasteiger partial charge in [0.15, 0.2) is 12.4 Å². The Balaban J connectivity index is 0.000000570. The van der Waals surface area contributed by atoms with Gasteiger partial charge in [-0.25, -0.2) is 9.97 Å². The highest BCUT2D eigenvalue weighted by molar-refractivity contribution is 6.15. The maximum atomic E-state index is 14.3. The second-order valence-corrected chi connectivity index (χ2v) is 20.6. The number of carboxylic acid groups (broad SMARTS) is 4. The Kier molecular flexibility index (Phi) is 23.2. The number of aliphatic carboxylic acids is 4. The first-order valence-electron chi connectivity index (χ1n) is 24.6. The first-order valence-corrected chi connectivity index (χ1v) is 24.6. The van der Waals surface area contributed by atoms with Gasteiger partial charge in [-0.3, -0.25) is 9.59 Å². The molecule has 3 aromatic carbocycles. The summed E-state index contributed by atoms with van der Waals surface area (Å²) in [4.78, 5) is 78.2. The number of likely N-dealkylation sites (N-methyl/N-ethyl adjacent to an activating group) is 4. The fraction of sp³-hybridized carbons (Fsp3) is 0.333. The molecule has 0 spiro atoms. The minimum atomic E-state index is -5.19. The van der Waals surface area contributed by atoms with Crippen molar-refractivity contribution in [1.29, 1.82) is 0 Å². The number of carbonyl (C=O) groups is 6. The topological polar surface area (TPSA) is 259 Å². The number of carbonyl (C=O) groups excluding carboxylic acids is 6. The van der Waals surface area contributed by atoms with E-state index in [1.165, 1.54) is 0 Å². The SMILES string of the molecule is CN(CC[N+](C)(C)C)c1cc(C(=O)Nc2cc3ccccc3[n+](C)c2)nc2c1ccc1c(N(C)CC[N+](C)(C)C)cc(C(=O)Nc3cc4ccccc4[n+](C)c3)nc12.O=C([O-])C(F)(F)F.O=C([O-])C(F)(F)F.O=C([O-])C(F)(F)F.O=C([O-])C(F)(F)F. The Morgan fingerprint density at radius 3 is 1.00 bits per heavy atom. The van der Waals surface area contributed by atoms with Gasteiger partial charge in [0.25, 0.3) is 11.8 Å². The van der Waals surface area contributed by atoms with Gasteiger partial charge in [-0.2, -0.15) is 61.8 Å². The predicted octanol–water partition coefficient (Wildman–Crippen LogP) is 2.72. The van der Waals surface area contributed by atoms with Gasteiger partial charge >= 0.3 is 24.7 Å². The Morgan fingerprint density at radius 2 is 0.744 bits per heavy atom. The van der Waals surface area contributed by atoms with Crippen molar-refractivity contribution in [2.75, 3.05) is 103 Å². The van der Waals surface area contributed by atoms with Crippen molar-refractivity contribution < 1.29 is 120 Å². The molecule has 7 rings (SSSR count). The smallest absolute Gasteiger partial charge is 0.430 e. The third-order valence-electron chi connectivity index (χ3n) is 11.6. The molecule has 0 unspecified atom stereocenters. The number of hydrogen-bond acceptors (Lipinski definition) is 14. The molecule has 466 valence electrons. The van der Waals surface area contributed by atoms with Crippen LogP contribution in [0.5, 0.6) is 0 Å². The molecule has 0 bridgehead atoms. The molecule has 0 aliphatic carbocycles. The summed E-state index contributed by atoms with van der Waals surface area (Å²) < 4.78 is 132. The number of fused-ring (bicyclic) bond motifs is 5. The lowest BCUT2D eigenvalue weighted by Crippen LogP contribution is -2.41. The number of carboxylic acids is 4. The average molecular weight is 1230 g/mol. The summed E-state index contributed by atoms with van der Waals surface area (Å²) in [6, 6.07) is 27.9. The van der Waals surface area contributed by atoms with Crippen LogP contribution in [0, 0.1) is 0 Å². The van der Waals surface area contributed by atoms with Crippen molar-refractivity contribution in [3.8, 4) is 0 Å². The summed E-state index contributed by atoms with van der Waals surface area (Å²) >= 11 is 0. The molecular weight excluding hydrogens is 1180 g/mol. The molecule has 20 nitrogen and oxygen atoms in total. The summed E-state index contributed by atoms with van der Waals surface area (Å²) in [5.41, 5.74) is 6.75. The molecule has 0 aliphatic heterocycles. The molecule has 2 N–H and O–H groups in total. The van der Waals surface area contributed by atoms with Crippen molar-refractivity contribution >= 4 is 102 Å². The number of rotatable bonds is 12. The molecule has 86 heavy (non-hydrogen) atoms. The monoisotopic (exact) mass is 1230 g/mol. The van der Waals surface area contributed by atoms with Crippen LogP contribution in [0.25, 0.3) is 43.6 Å². The van der Waals surface area contributed by atoms with Crippen LogP contribution < -0.4 is 50.0 Å². The molecule has 4 aromatic heterocycles. The Hall–Kier alpha value is -9.20. The quantitative estimate of drug-likeness (QED) is 0.0772. The number of anilines is 4. The number of nitrogens with zero attached hydrogens (tertiary/aromatic N) is 8. The van der Waals surface area contributed by atoms with Crippen LogP contribution in [0.3, 0.4) is 0 Å². The number of aryl methyl sites for hydroxylation is 2. The second-order valence-electron chi connectivity index (χ2n) is 20.6. The number of quaternary nitrogens is 2. The van der Waals surface area contributed by atoms with Crippen molar-refractivity contribution in [2.24, 2.45) is 14.1 Å². The number of alkyl halides is 12. The molecule has 0 aliphatic rings. The third kappa shape index (κ3) is 21.5. The fourth-order valence-electron chi connectivity index (χ4n) is 7.30. The number of pyridine rings is 4. The Bertz CT molecular complexity index is 3340. The van der Waals surface area contributed by atoms with Gasteiger partial charge in [0.1, 0.15) is 60.7 Å². The minimum Gasteiger partial charge on any atom is -0.542 e. The molecule has 0 saturated carbocycles. The predicted molar refractivity (Wildman–Crippen MR) is 280 cm³/mol. The van der Waals surface area contributed by atoms with Crippen LogP contribution in [-0.2, 0) is 33.3 Å². The Morgan fingerprint density at radius 1 is 0.477 bits per heavy atom. The lowest BCUT2D eigenvalue weighted by Gasteiger charge is -2.29. The van der Waals surface area contributed by atoms with E-state index in [1.807, 2.05) is 123 Å². The van der Waals surface area contributed by atoms with Gasteiger partial charge in [-0.05, 0) is 48.5 Å². The van der Waals surface area contributed by atoms with Crippen LogP contribution in [0.2, 0.25) is 0 Å². The van der Waals surface area contributed by atoms with Gasteiger partial charge in [0, 0.05) is 59.1 Å². The van der Waals surface area contributed by atoms with Crippen LogP contribution in [0.15, 0.2) is 97.3 Å². The average Bonchev–Trinajstić information content (AvgIpc) is 1.09.